The molecule has 0 aromatic carbocycles. The van der Waals surface area contributed by atoms with E-state index < -0.39 is 78.4 Å². The van der Waals surface area contributed by atoms with Gasteiger partial charge in [-0.3, -0.25) is 34.0 Å². The van der Waals surface area contributed by atoms with Crippen LogP contribution in [-0.2, 0) is 28.8 Å². The molecule has 3 fully saturated rings. The number of aliphatic hydroxyl groups is 1. The number of hydrogen-bond acceptors (Lipinski definition) is 10. The molecule has 5 amide bonds. The minimum atomic E-state index is -1.18. The molecule has 280 valence electrons. The number of rotatable bonds is 17. The lowest BCUT2D eigenvalue weighted by Crippen LogP contribution is -2.58. The summed E-state index contributed by atoms with van der Waals surface area (Å²) in [4.78, 5) is 91.3. The predicted octanol–water partition coefficient (Wildman–Crippen LogP) is -4.56. The van der Waals surface area contributed by atoms with Crippen LogP contribution in [0.5, 0.6) is 0 Å². The van der Waals surface area contributed by atoms with Crippen molar-refractivity contribution in [3.63, 3.8) is 0 Å². The van der Waals surface area contributed by atoms with Gasteiger partial charge in [0, 0.05) is 32.7 Å². The van der Waals surface area contributed by atoms with Crippen molar-refractivity contribution in [1.82, 2.24) is 25.3 Å². The number of aliphatic imine (C=N–C) groups is 2. The second kappa shape index (κ2) is 18.9. The molecule has 50 heavy (non-hydrogen) atoms. The SMILES string of the molecule is NC(N)=NCCCC(NC(=O)C1CCCN1C(=O)C1CCCN1C(=O)C(N)CO)C(=O)NC(CCCN=C(N)N)C(=O)N1CCCC1C(=O)O. The number of nitrogens with two attached hydrogens (primary N) is 5. The Morgan fingerprint density at radius 1 is 0.700 bits per heavy atom. The van der Waals surface area contributed by atoms with Crippen molar-refractivity contribution in [2.45, 2.75) is 100 Å². The Hall–Kier alpha value is -4.72. The van der Waals surface area contributed by atoms with Gasteiger partial charge in [0.25, 0.3) is 0 Å². The number of aliphatic carboxylic acids is 1. The highest BCUT2D eigenvalue weighted by Crippen LogP contribution is 2.26. The number of carbonyl (C=O) groups is 6. The first kappa shape index (κ1) is 39.7. The van der Waals surface area contributed by atoms with Crippen LogP contribution in [0, 0.1) is 0 Å². The standard InChI is InChI=1S/C30H52N12O8/c31-17(16-43)25(46)41-14-4-9-21(41)27(48)40-13-3-8-20(40)24(45)38-18(6-1-11-36-29(32)33)23(44)39-19(7-2-12-37-30(34)35)26(47)42-15-5-10-22(42)28(49)50/h17-22,43H,1-16,31H2,(H,38,45)(H,39,44)(H,49,50)(H4,32,33,36)(H4,34,35,37). The number of carboxylic acid groups (broad SMARTS) is 1. The van der Waals surface area contributed by atoms with Crippen molar-refractivity contribution in [1.29, 1.82) is 0 Å². The fraction of sp³-hybridized carbons (Fsp3) is 0.733. The van der Waals surface area contributed by atoms with Crippen molar-refractivity contribution < 1.29 is 39.0 Å². The first-order valence-electron chi connectivity index (χ1n) is 17.0. The van der Waals surface area contributed by atoms with E-state index in [4.69, 9.17) is 28.7 Å². The molecule has 6 unspecified atom stereocenters. The third-order valence-electron chi connectivity index (χ3n) is 9.13. The highest BCUT2D eigenvalue weighted by Gasteiger charge is 2.44. The molecule has 3 aliphatic heterocycles. The Bertz CT molecular complexity index is 1300. The van der Waals surface area contributed by atoms with Crippen LogP contribution in [0.1, 0.15) is 64.2 Å². The third-order valence-corrected chi connectivity index (χ3v) is 9.13. The van der Waals surface area contributed by atoms with Gasteiger partial charge in [0.05, 0.1) is 6.61 Å². The molecule has 3 saturated heterocycles. The van der Waals surface area contributed by atoms with Crippen LogP contribution in [0.25, 0.3) is 0 Å². The molecule has 0 aromatic rings. The van der Waals surface area contributed by atoms with E-state index in [9.17, 15) is 39.0 Å². The van der Waals surface area contributed by atoms with Gasteiger partial charge in [-0.1, -0.05) is 0 Å². The van der Waals surface area contributed by atoms with E-state index in [1.807, 2.05) is 0 Å². The Labute approximate surface area is 290 Å². The van der Waals surface area contributed by atoms with E-state index in [1.165, 1.54) is 14.7 Å². The maximum absolute atomic E-state index is 13.8. The maximum atomic E-state index is 13.8. The van der Waals surface area contributed by atoms with Gasteiger partial charge in [-0.15, -0.1) is 0 Å². The largest absolute Gasteiger partial charge is 0.480 e. The van der Waals surface area contributed by atoms with Gasteiger partial charge in [-0.05, 0) is 64.2 Å². The zero-order chi connectivity index (χ0) is 37.0. The van der Waals surface area contributed by atoms with Crippen LogP contribution >= 0.6 is 0 Å². The minimum absolute atomic E-state index is 0.0648. The van der Waals surface area contributed by atoms with Crippen molar-refractivity contribution in [3.8, 4) is 0 Å². The highest BCUT2D eigenvalue weighted by atomic mass is 16.4. The number of carboxylic acids is 1. The molecule has 0 aliphatic carbocycles. The van der Waals surface area contributed by atoms with Gasteiger partial charge < -0.3 is 64.2 Å². The van der Waals surface area contributed by atoms with E-state index in [-0.39, 0.29) is 70.2 Å². The summed E-state index contributed by atoms with van der Waals surface area (Å²) >= 11 is 0. The number of amides is 5. The molecule has 6 atom stereocenters. The van der Waals surface area contributed by atoms with Crippen molar-refractivity contribution in [2.75, 3.05) is 39.3 Å². The number of likely N-dealkylation sites (tertiary alicyclic amines) is 3. The fourth-order valence-corrected chi connectivity index (χ4v) is 6.63. The molecule has 0 spiro atoms. The molecule has 3 aliphatic rings. The van der Waals surface area contributed by atoms with Crippen LogP contribution in [0.4, 0.5) is 0 Å². The van der Waals surface area contributed by atoms with E-state index in [0.29, 0.717) is 38.6 Å². The molecule has 14 N–H and O–H groups in total. The summed E-state index contributed by atoms with van der Waals surface area (Å²) in [6.45, 7) is 0.490. The minimum Gasteiger partial charge on any atom is -0.480 e. The van der Waals surface area contributed by atoms with Crippen LogP contribution in [0.15, 0.2) is 9.98 Å². The number of hydrogen-bond donors (Lipinski definition) is 9. The smallest absolute Gasteiger partial charge is 0.326 e. The van der Waals surface area contributed by atoms with Crippen molar-refractivity contribution in [2.24, 2.45) is 38.7 Å². The van der Waals surface area contributed by atoms with Crippen molar-refractivity contribution >= 4 is 47.4 Å². The molecule has 20 heteroatoms. The Morgan fingerprint density at radius 2 is 1.20 bits per heavy atom. The van der Waals surface area contributed by atoms with Gasteiger partial charge in [0.1, 0.15) is 36.3 Å². The lowest BCUT2D eigenvalue weighted by atomic mass is 10.1. The van der Waals surface area contributed by atoms with Gasteiger partial charge in [-0.2, -0.15) is 0 Å². The average Bonchev–Trinajstić information content (AvgIpc) is 3.87. The zero-order valence-corrected chi connectivity index (χ0v) is 28.2. The molecular weight excluding hydrogens is 656 g/mol. The summed E-state index contributed by atoms with van der Waals surface area (Å²) < 4.78 is 0. The van der Waals surface area contributed by atoms with Crippen LogP contribution in [0.3, 0.4) is 0 Å². The third kappa shape index (κ3) is 10.6. The van der Waals surface area contributed by atoms with E-state index in [2.05, 4.69) is 20.6 Å². The number of nitrogens with zero attached hydrogens (tertiary/aromatic N) is 5. The molecule has 0 radical (unpaired) electrons. The number of nitrogens with one attached hydrogen (secondary N) is 2. The Balaban J connectivity index is 1.79. The maximum Gasteiger partial charge on any atom is 0.326 e. The summed E-state index contributed by atoms with van der Waals surface area (Å²) in [6.07, 6.45) is 3.21. The van der Waals surface area contributed by atoms with Crippen molar-refractivity contribution in [3.05, 3.63) is 0 Å². The predicted molar refractivity (Wildman–Crippen MR) is 181 cm³/mol. The van der Waals surface area contributed by atoms with E-state index in [0.717, 1.165) is 0 Å². The number of aliphatic hydroxyl groups excluding tert-OH is 1. The molecule has 0 saturated carbocycles. The van der Waals surface area contributed by atoms with Crippen LogP contribution < -0.4 is 39.3 Å². The van der Waals surface area contributed by atoms with E-state index >= 15 is 0 Å². The second-order valence-corrected chi connectivity index (χ2v) is 12.7. The quantitative estimate of drug-likeness (QED) is 0.0391. The average molecular weight is 709 g/mol. The van der Waals surface area contributed by atoms with Gasteiger partial charge in [0.2, 0.25) is 29.5 Å². The summed E-state index contributed by atoms with van der Waals surface area (Å²) in [6, 6.07) is -6.29. The van der Waals surface area contributed by atoms with Gasteiger partial charge in [-0.25, -0.2) is 4.79 Å². The molecule has 3 heterocycles. The molecule has 0 aromatic heterocycles. The summed E-state index contributed by atoms with van der Waals surface area (Å²) in [5, 5.41) is 24.5. The molecule has 0 bridgehead atoms. The lowest BCUT2D eigenvalue weighted by Gasteiger charge is -2.32. The topological polar surface area (TPSA) is 331 Å². The summed E-state index contributed by atoms with van der Waals surface area (Å²) in [5.41, 5.74) is 27.4. The zero-order valence-electron chi connectivity index (χ0n) is 28.2. The Kier molecular flexibility index (Phi) is 15.0. The number of carbonyl (C=O) groups excluding carboxylic acids is 5. The summed E-state index contributed by atoms with van der Waals surface area (Å²) in [7, 11) is 0. The number of guanidine groups is 2. The van der Waals surface area contributed by atoms with Crippen LogP contribution in [-0.4, -0.2) is 148 Å². The molecule has 3 rings (SSSR count). The Morgan fingerprint density at radius 3 is 1.74 bits per heavy atom. The van der Waals surface area contributed by atoms with E-state index in [1.54, 1.807) is 0 Å². The van der Waals surface area contributed by atoms with Gasteiger partial charge in [0.15, 0.2) is 11.9 Å². The molecule has 20 nitrogen and oxygen atoms in total. The lowest BCUT2D eigenvalue weighted by molar-refractivity contribution is -0.149. The molecular formula is C30H52N12O8. The van der Waals surface area contributed by atoms with Crippen LogP contribution in [0.2, 0.25) is 0 Å². The second-order valence-electron chi connectivity index (χ2n) is 12.7. The van der Waals surface area contributed by atoms with Gasteiger partial charge >= 0.3 is 5.97 Å². The fourth-order valence-electron chi connectivity index (χ4n) is 6.63. The first-order chi connectivity index (χ1) is 23.8. The monoisotopic (exact) mass is 708 g/mol. The first-order valence-corrected chi connectivity index (χ1v) is 17.0. The summed E-state index contributed by atoms with van der Waals surface area (Å²) in [5.74, 6) is -4.29. The normalized spacial score (nSPS) is 22.0. The highest BCUT2D eigenvalue weighted by molar-refractivity contribution is 5.97.